The van der Waals surface area contributed by atoms with E-state index in [1.54, 1.807) is 13.8 Å². The second-order valence-corrected chi connectivity index (χ2v) is 10.7. The van der Waals surface area contributed by atoms with E-state index in [1.165, 1.54) is 19.3 Å². The molecule has 1 aliphatic carbocycles. The molecule has 3 aromatic rings. The van der Waals surface area contributed by atoms with Crippen molar-refractivity contribution >= 4 is 51.2 Å². The number of nitrogens with two attached hydrogens (primary N) is 1. The van der Waals surface area contributed by atoms with Gasteiger partial charge in [0.05, 0.1) is 18.0 Å². The fraction of sp³-hybridized carbons (Fsp3) is 0.542. The fourth-order valence-corrected chi connectivity index (χ4v) is 5.13. The maximum absolute atomic E-state index is 10.6. The summed E-state index contributed by atoms with van der Waals surface area (Å²) in [5.41, 5.74) is 8.62. The highest BCUT2D eigenvalue weighted by molar-refractivity contribution is 14.1. The zero-order valence-corrected chi connectivity index (χ0v) is 21.8. The third kappa shape index (κ3) is 5.51. The summed E-state index contributed by atoms with van der Waals surface area (Å²) in [4.78, 5) is 14.3. The van der Waals surface area contributed by atoms with Crippen LogP contribution in [0.5, 0.6) is 0 Å². The molecule has 0 amide bonds. The molecule has 0 bridgehead atoms. The van der Waals surface area contributed by atoms with Gasteiger partial charge in [-0.3, -0.25) is 0 Å². The van der Waals surface area contributed by atoms with Crippen molar-refractivity contribution in [1.29, 1.82) is 0 Å². The largest absolute Gasteiger partial charge is 0.398 e. The minimum absolute atomic E-state index is 0.180. The number of imidazole rings is 1. The third-order valence-electron chi connectivity index (χ3n) is 6.51. The van der Waals surface area contributed by atoms with Gasteiger partial charge in [-0.05, 0) is 79.5 Å². The molecule has 8 nitrogen and oxygen atoms in total. The van der Waals surface area contributed by atoms with E-state index in [0.717, 1.165) is 45.2 Å². The lowest BCUT2D eigenvalue weighted by atomic mass is 9.95. The summed E-state index contributed by atoms with van der Waals surface area (Å²) in [5, 5.41) is 17.4. The van der Waals surface area contributed by atoms with Crippen LogP contribution in [0.15, 0.2) is 24.5 Å². The Morgan fingerprint density at radius 2 is 2.00 bits per heavy atom. The summed E-state index contributed by atoms with van der Waals surface area (Å²) >= 11 is 2.29. The molecule has 0 radical (unpaired) electrons. The molecule has 9 heteroatoms. The van der Waals surface area contributed by atoms with Gasteiger partial charge >= 0.3 is 0 Å². The van der Waals surface area contributed by atoms with Crippen LogP contribution in [0.3, 0.4) is 0 Å². The first-order valence-corrected chi connectivity index (χ1v) is 12.9. The number of rotatable bonds is 8. The zero-order chi connectivity index (χ0) is 23.6. The van der Waals surface area contributed by atoms with Crippen molar-refractivity contribution in [3.05, 3.63) is 33.7 Å². The lowest BCUT2D eigenvalue weighted by molar-refractivity contribution is 0.0577. The molecular weight excluding hydrogens is 529 g/mol. The van der Waals surface area contributed by atoms with Gasteiger partial charge in [0.15, 0.2) is 17.0 Å². The SMILES string of the molecule is CCC(Nc1nc(NCc2cc(I)ccc2N)c2ncn(C3CCCCC3)c2n1)C(C)(C)O. The standard InChI is InChI=1S/C24H34IN7O/c1-4-19(24(2,3)33)29-23-30-21(27-13-15-12-16(25)10-11-18(15)26)20-22(31-23)32(14-28-20)17-8-6-5-7-9-17/h10-12,14,17,19,33H,4-9,13,26H2,1-3H3,(H2,27,29,30,31). The van der Waals surface area contributed by atoms with Gasteiger partial charge < -0.3 is 26.0 Å². The predicted molar refractivity (Wildman–Crippen MR) is 142 cm³/mol. The number of fused-ring (bicyclic) bond motifs is 1. The number of aromatic nitrogens is 4. The molecule has 1 atom stereocenters. The second kappa shape index (κ2) is 10.0. The summed E-state index contributed by atoms with van der Waals surface area (Å²) < 4.78 is 3.34. The average molecular weight is 563 g/mol. The second-order valence-electron chi connectivity index (χ2n) is 9.47. The van der Waals surface area contributed by atoms with E-state index in [9.17, 15) is 5.11 Å². The lowest BCUT2D eigenvalue weighted by Gasteiger charge is -2.29. The minimum atomic E-state index is -0.903. The van der Waals surface area contributed by atoms with Crippen LogP contribution in [0.4, 0.5) is 17.5 Å². The van der Waals surface area contributed by atoms with Gasteiger partial charge in [0.25, 0.3) is 0 Å². The van der Waals surface area contributed by atoms with Gasteiger partial charge in [0.2, 0.25) is 5.95 Å². The quantitative estimate of drug-likeness (QED) is 0.223. The molecule has 1 aliphatic rings. The summed E-state index contributed by atoms with van der Waals surface area (Å²) in [6.07, 6.45) is 8.68. The molecule has 2 heterocycles. The van der Waals surface area contributed by atoms with Crippen LogP contribution in [0.1, 0.15) is 70.9 Å². The van der Waals surface area contributed by atoms with E-state index in [1.807, 2.05) is 25.4 Å². The van der Waals surface area contributed by atoms with Crippen LogP contribution < -0.4 is 16.4 Å². The number of hydrogen-bond donors (Lipinski definition) is 4. The molecule has 0 saturated heterocycles. The Morgan fingerprint density at radius 3 is 2.70 bits per heavy atom. The van der Waals surface area contributed by atoms with E-state index >= 15 is 0 Å². The Bertz CT molecular complexity index is 1100. The molecule has 33 heavy (non-hydrogen) atoms. The van der Waals surface area contributed by atoms with Crippen molar-refractivity contribution in [2.75, 3.05) is 16.4 Å². The number of hydrogen-bond acceptors (Lipinski definition) is 7. The first-order valence-electron chi connectivity index (χ1n) is 11.8. The number of benzene rings is 1. The van der Waals surface area contributed by atoms with Crippen LogP contribution in [-0.2, 0) is 6.54 Å². The van der Waals surface area contributed by atoms with Crippen molar-refractivity contribution in [3.63, 3.8) is 0 Å². The topological polar surface area (TPSA) is 114 Å². The Hall–Kier alpha value is -2.14. The summed E-state index contributed by atoms with van der Waals surface area (Å²) in [6.45, 7) is 6.18. The van der Waals surface area contributed by atoms with Crippen LogP contribution in [0.2, 0.25) is 0 Å². The van der Waals surface area contributed by atoms with Gasteiger partial charge in [-0.25, -0.2) is 4.98 Å². The van der Waals surface area contributed by atoms with E-state index in [4.69, 9.17) is 20.7 Å². The monoisotopic (exact) mass is 563 g/mol. The van der Waals surface area contributed by atoms with Crippen LogP contribution in [0.25, 0.3) is 11.2 Å². The molecule has 1 fully saturated rings. The number of anilines is 3. The first-order chi connectivity index (χ1) is 15.8. The number of aliphatic hydroxyl groups is 1. The molecular formula is C24H34IN7O. The van der Waals surface area contributed by atoms with E-state index < -0.39 is 5.60 Å². The van der Waals surface area contributed by atoms with Crippen LogP contribution in [0, 0.1) is 3.57 Å². The van der Waals surface area contributed by atoms with Crippen LogP contribution in [-0.4, -0.2) is 36.3 Å². The Kier molecular flexibility index (Phi) is 7.28. The summed E-state index contributed by atoms with van der Waals surface area (Å²) in [5.74, 6) is 1.16. The number of nitrogens with one attached hydrogen (secondary N) is 2. The Labute approximate surface area is 208 Å². The maximum Gasteiger partial charge on any atom is 0.227 e. The number of nitrogen functional groups attached to an aromatic ring is 1. The molecule has 178 valence electrons. The van der Waals surface area contributed by atoms with Crippen molar-refractivity contribution < 1.29 is 5.11 Å². The highest BCUT2D eigenvalue weighted by Gasteiger charge is 2.27. The maximum atomic E-state index is 10.6. The van der Waals surface area contributed by atoms with Crippen LogP contribution >= 0.6 is 22.6 Å². The van der Waals surface area contributed by atoms with Crippen molar-refractivity contribution in [1.82, 2.24) is 19.5 Å². The van der Waals surface area contributed by atoms with E-state index in [-0.39, 0.29) is 6.04 Å². The van der Waals surface area contributed by atoms with Crippen molar-refractivity contribution in [3.8, 4) is 0 Å². The lowest BCUT2D eigenvalue weighted by Crippen LogP contribution is -2.41. The predicted octanol–water partition coefficient (Wildman–Crippen LogP) is 5.09. The van der Waals surface area contributed by atoms with Gasteiger partial charge in [0, 0.05) is 21.8 Å². The van der Waals surface area contributed by atoms with Crippen molar-refractivity contribution in [2.24, 2.45) is 0 Å². The molecule has 1 aromatic carbocycles. The Balaban J connectivity index is 1.71. The smallest absolute Gasteiger partial charge is 0.227 e. The molecule has 0 aliphatic heterocycles. The number of nitrogens with zero attached hydrogens (tertiary/aromatic N) is 4. The number of halogens is 1. The molecule has 2 aromatic heterocycles. The summed E-state index contributed by atoms with van der Waals surface area (Å²) in [6, 6.07) is 6.22. The van der Waals surface area contributed by atoms with Gasteiger partial charge in [0.1, 0.15) is 0 Å². The highest BCUT2D eigenvalue weighted by atomic mass is 127. The molecule has 1 unspecified atom stereocenters. The van der Waals surface area contributed by atoms with Crippen molar-refractivity contribution in [2.45, 2.75) is 83.5 Å². The molecule has 1 saturated carbocycles. The highest BCUT2D eigenvalue weighted by Crippen LogP contribution is 2.32. The van der Waals surface area contributed by atoms with Gasteiger partial charge in [-0.2, -0.15) is 9.97 Å². The minimum Gasteiger partial charge on any atom is -0.398 e. The molecule has 4 rings (SSSR count). The summed E-state index contributed by atoms with van der Waals surface area (Å²) in [7, 11) is 0. The average Bonchev–Trinajstić information content (AvgIpc) is 3.22. The first kappa shape index (κ1) is 24.0. The molecule has 5 N–H and O–H groups in total. The fourth-order valence-electron chi connectivity index (χ4n) is 4.57. The van der Waals surface area contributed by atoms with Gasteiger partial charge in [-0.15, -0.1) is 0 Å². The van der Waals surface area contributed by atoms with E-state index in [0.29, 0.717) is 24.4 Å². The third-order valence-corrected chi connectivity index (χ3v) is 7.18. The van der Waals surface area contributed by atoms with Gasteiger partial charge in [-0.1, -0.05) is 26.2 Å². The normalized spacial score (nSPS) is 16.2. The molecule has 0 spiro atoms. The van der Waals surface area contributed by atoms with E-state index in [2.05, 4.69) is 43.9 Å². The Morgan fingerprint density at radius 1 is 1.24 bits per heavy atom. The zero-order valence-electron chi connectivity index (χ0n) is 19.6.